The van der Waals surface area contributed by atoms with Crippen LogP contribution in [0.3, 0.4) is 0 Å². The van der Waals surface area contributed by atoms with E-state index in [0.717, 1.165) is 43.0 Å². The molecule has 0 radical (unpaired) electrons. The Labute approximate surface area is 181 Å². The number of hydrogen-bond acceptors (Lipinski definition) is 4. The molecule has 2 aliphatic rings. The first-order chi connectivity index (χ1) is 14.6. The van der Waals surface area contributed by atoms with Gasteiger partial charge in [0.15, 0.2) is 0 Å². The topological polar surface area (TPSA) is 61.9 Å². The van der Waals surface area contributed by atoms with Gasteiger partial charge in [-0.3, -0.25) is 9.59 Å². The Kier molecular flexibility index (Phi) is 6.35. The third kappa shape index (κ3) is 4.83. The second-order valence-electron chi connectivity index (χ2n) is 7.32. The number of carbonyl (C=O) groups excluding carboxylic acids is 2. The Morgan fingerprint density at radius 2 is 1.83 bits per heavy atom. The molecule has 2 aromatic carbocycles. The molecule has 0 aromatic heterocycles. The monoisotopic (exact) mass is 425 g/mol. The van der Waals surface area contributed by atoms with E-state index in [4.69, 9.17) is 16.3 Å². The fourth-order valence-corrected chi connectivity index (χ4v) is 3.89. The van der Waals surface area contributed by atoms with Crippen molar-refractivity contribution in [1.29, 1.82) is 0 Å². The van der Waals surface area contributed by atoms with E-state index in [1.807, 2.05) is 36.4 Å². The average molecular weight is 426 g/mol. The minimum Gasteiger partial charge on any atom is -0.378 e. The number of hydrogen-bond donors (Lipinski definition) is 1. The van der Waals surface area contributed by atoms with Gasteiger partial charge >= 0.3 is 0 Å². The molecular formula is C23H24ClN3O3. The van der Waals surface area contributed by atoms with Crippen LogP contribution in [0.4, 0.5) is 17.1 Å². The normalized spacial score (nSPS) is 17.0. The predicted octanol–water partition coefficient (Wildman–Crippen LogP) is 3.96. The fourth-order valence-electron chi connectivity index (χ4n) is 3.72. The van der Waals surface area contributed by atoms with Gasteiger partial charge in [0.1, 0.15) is 0 Å². The maximum atomic E-state index is 12.5. The largest absolute Gasteiger partial charge is 0.378 e. The zero-order chi connectivity index (χ0) is 20.9. The van der Waals surface area contributed by atoms with Gasteiger partial charge in [-0.15, -0.1) is 0 Å². The van der Waals surface area contributed by atoms with Gasteiger partial charge in [-0.05, 0) is 48.4 Å². The zero-order valence-corrected chi connectivity index (χ0v) is 17.4. The molecule has 2 heterocycles. The molecule has 7 heteroatoms. The summed E-state index contributed by atoms with van der Waals surface area (Å²) in [7, 11) is 0. The van der Waals surface area contributed by atoms with Crippen LogP contribution in [-0.2, 0) is 14.3 Å². The molecule has 0 saturated carbocycles. The van der Waals surface area contributed by atoms with E-state index in [0.29, 0.717) is 30.3 Å². The highest BCUT2D eigenvalue weighted by Gasteiger charge is 2.21. The molecule has 0 bridgehead atoms. The molecule has 4 rings (SSSR count). The lowest BCUT2D eigenvalue weighted by Crippen LogP contribution is -2.36. The molecule has 2 aliphatic heterocycles. The highest BCUT2D eigenvalue weighted by Crippen LogP contribution is 2.30. The Balaban J connectivity index is 1.42. The van der Waals surface area contributed by atoms with Crippen LogP contribution < -0.4 is 15.1 Å². The van der Waals surface area contributed by atoms with Gasteiger partial charge < -0.3 is 19.9 Å². The summed E-state index contributed by atoms with van der Waals surface area (Å²) in [5.74, 6) is -0.0687. The number of morpholine rings is 1. The van der Waals surface area contributed by atoms with Crippen molar-refractivity contribution in [2.75, 3.05) is 48.0 Å². The molecule has 2 fully saturated rings. The van der Waals surface area contributed by atoms with Crippen molar-refractivity contribution in [2.45, 2.75) is 12.8 Å². The number of amides is 2. The number of ether oxygens (including phenoxy) is 1. The summed E-state index contributed by atoms with van der Waals surface area (Å²) in [6.07, 6.45) is 4.76. The van der Waals surface area contributed by atoms with E-state index in [1.54, 1.807) is 17.0 Å². The van der Waals surface area contributed by atoms with Crippen molar-refractivity contribution in [3.05, 3.63) is 59.1 Å². The second-order valence-corrected chi connectivity index (χ2v) is 7.76. The maximum absolute atomic E-state index is 12.5. The number of benzene rings is 2. The molecule has 0 spiro atoms. The van der Waals surface area contributed by atoms with E-state index in [9.17, 15) is 9.59 Å². The van der Waals surface area contributed by atoms with Gasteiger partial charge in [0.25, 0.3) is 0 Å². The van der Waals surface area contributed by atoms with Crippen LogP contribution in [-0.4, -0.2) is 44.7 Å². The van der Waals surface area contributed by atoms with Gasteiger partial charge in [0.05, 0.1) is 24.6 Å². The Morgan fingerprint density at radius 3 is 2.53 bits per heavy atom. The van der Waals surface area contributed by atoms with Crippen molar-refractivity contribution >= 4 is 46.6 Å². The first kappa shape index (κ1) is 20.4. The SMILES string of the molecule is O=C(/C=C/c1ccc(N2CCCC2=O)cc1)Nc1cc(Cl)ccc1N1CCOCC1. The third-order valence-corrected chi connectivity index (χ3v) is 5.51. The minimum absolute atomic E-state index is 0.162. The highest BCUT2D eigenvalue weighted by atomic mass is 35.5. The smallest absolute Gasteiger partial charge is 0.248 e. The minimum atomic E-state index is -0.231. The summed E-state index contributed by atoms with van der Waals surface area (Å²) in [6.45, 7) is 3.63. The number of nitrogens with zero attached hydrogens (tertiary/aromatic N) is 2. The molecule has 6 nitrogen and oxygen atoms in total. The van der Waals surface area contributed by atoms with Crippen LogP contribution in [0.25, 0.3) is 6.08 Å². The molecule has 2 aromatic rings. The summed E-state index contributed by atoms with van der Waals surface area (Å²) < 4.78 is 5.41. The fraction of sp³-hybridized carbons (Fsp3) is 0.304. The molecule has 2 amide bonds. The van der Waals surface area contributed by atoms with Gasteiger partial charge in [-0.2, -0.15) is 0 Å². The maximum Gasteiger partial charge on any atom is 0.248 e. The summed E-state index contributed by atoms with van der Waals surface area (Å²) >= 11 is 6.15. The zero-order valence-electron chi connectivity index (χ0n) is 16.6. The van der Waals surface area contributed by atoms with Gasteiger partial charge in [0.2, 0.25) is 11.8 Å². The lowest BCUT2D eigenvalue weighted by Gasteiger charge is -2.30. The van der Waals surface area contributed by atoms with Crippen LogP contribution in [0.5, 0.6) is 0 Å². The predicted molar refractivity (Wildman–Crippen MR) is 120 cm³/mol. The summed E-state index contributed by atoms with van der Waals surface area (Å²) in [4.78, 5) is 28.3. The van der Waals surface area contributed by atoms with Crippen molar-refractivity contribution in [3.63, 3.8) is 0 Å². The standard InChI is InChI=1S/C23H24ClN3O3/c24-18-6-9-21(26-12-14-30-15-13-26)20(16-18)25-22(28)10-5-17-3-7-19(8-4-17)27-11-1-2-23(27)29/h3-10,16H,1-2,11-15H2,(H,25,28)/b10-5+. The molecule has 30 heavy (non-hydrogen) atoms. The number of carbonyl (C=O) groups is 2. The molecule has 0 unspecified atom stereocenters. The van der Waals surface area contributed by atoms with E-state index >= 15 is 0 Å². The van der Waals surface area contributed by atoms with E-state index in [1.165, 1.54) is 6.08 Å². The third-order valence-electron chi connectivity index (χ3n) is 5.27. The van der Waals surface area contributed by atoms with Crippen LogP contribution in [0, 0.1) is 0 Å². The lowest BCUT2D eigenvalue weighted by molar-refractivity contribution is -0.117. The van der Waals surface area contributed by atoms with Crippen molar-refractivity contribution in [2.24, 2.45) is 0 Å². The van der Waals surface area contributed by atoms with Crippen LogP contribution >= 0.6 is 11.6 Å². The number of rotatable bonds is 5. The van der Waals surface area contributed by atoms with Crippen molar-refractivity contribution < 1.29 is 14.3 Å². The van der Waals surface area contributed by atoms with Gasteiger partial charge in [0, 0.05) is 42.8 Å². The Hall–Kier alpha value is -2.83. The number of nitrogens with one attached hydrogen (secondary N) is 1. The first-order valence-corrected chi connectivity index (χ1v) is 10.5. The molecule has 1 N–H and O–H groups in total. The highest BCUT2D eigenvalue weighted by molar-refractivity contribution is 6.31. The Bertz CT molecular complexity index is 953. The Morgan fingerprint density at radius 1 is 1.07 bits per heavy atom. The summed E-state index contributed by atoms with van der Waals surface area (Å²) in [5.41, 5.74) is 3.40. The molecule has 0 atom stereocenters. The van der Waals surface area contributed by atoms with E-state index in [2.05, 4.69) is 10.2 Å². The average Bonchev–Trinajstić information content (AvgIpc) is 3.19. The van der Waals surface area contributed by atoms with Crippen LogP contribution in [0.2, 0.25) is 5.02 Å². The number of anilines is 3. The quantitative estimate of drug-likeness (QED) is 0.736. The molecule has 156 valence electrons. The van der Waals surface area contributed by atoms with Gasteiger partial charge in [-0.25, -0.2) is 0 Å². The van der Waals surface area contributed by atoms with E-state index in [-0.39, 0.29) is 11.8 Å². The second kappa shape index (κ2) is 9.32. The lowest BCUT2D eigenvalue weighted by atomic mass is 10.1. The molecular weight excluding hydrogens is 402 g/mol. The van der Waals surface area contributed by atoms with Gasteiger partial charge in [-0.1, -0.05) is 23.7 Å². The van der Waals surface area contributed by atoms with Crippen molar-refractivity contribution in [3.8, 4) is 0 Å². The van der Waals surface area contributed by atoms with E-state index < -0.39 is 0 Å². The number of halogens is 1. The molecule has 0 aliphatic carbocycles. The van der Waals surface area contributed by atoms with Crippen LogP contribution in [0.15, 0.2) is 48.5 Å². The summed E-state index contributed by atoms with van der Waals surface area (Å²) in [5, 5.41) is 3.50. The first-order valence-electron chi connectivity index (χ1n) is 10.1. The molecule has 2 saturated heterocycles. The van der Waals surface area contributed by atoms with Crippen molar-refractivity contribution in [1.82, 2.24) is 0 Å². The summed E-state index contributed by atoms with van der Waals surface area (Å²) in [6, 6.07) is 13.1. The van der Waals surface area contributed by atoms with Crippen LogP contribution in [0.1, 0.15) is 18.4 Å².